The minimum Gasteiger partial charge on any atom is -0.496 e. The van der Waals surface area contributed by atoms with E-state index in [-0.39, 0.29) is 5.97 Å². The number of ether oxygens (including phenoxy) is 2. The average molecular weight is 277 g/mol. The highest BCUT2D eigenvalue weighted by Crippen LogP contribution is 2.18. The smallest absolute Gasteiger partial charge is 0.333 e. The van der Waals surface area contributed by atoms with Gasteiger partial charge in [-0.05, 0) is 19.5 Å². The molecule has 0 aromatic heterocycles. The molecule has 4 nitrogen and oxygen atoms in total. The van der Waals surface area contributed by atoms with Gasteiger partial charge in [0.2, 0.25) is 0 Å². The van der Waals surface area contributed by atoms with E-state index in [4.69, 9.17) is 9.47 Å². The van der Waals surface area contributed by atoms with Crippen LogP contribution in [0.4, 0.5) is 0 Å². The first-order valence-corrected chi connectivity index (χ1v) is 6.70. The molecule has 0 aliphatic rings. The zero-order valence-electron chi connectivity index (χ0n) is 12.7. The van der Waals surface area contributed by atoms with Crippen LogP contribution in [0, 0.1) is 0 Å². The predicted molar refractivity (Wildman–Crippen MR) is 79.7 cm³/mol. The molecule has 4 heteroatoms. The van der Waals surface area contributed by atoms with E-state index in [9.17, 15) is 4.79 Å². The van der Waals surface area contributed by atoms with Crippen molar-refractivity contribution in [2.45, 2.75) is 19.9 Å². The molecule has 0 atom stereocenters. The molecule has 0 radical (unpaired) electrons. The first-order chi connectivity index (χ1) is 9.62. The molecule has 0 aliphatic carbocycles. The molecular formula is C16H23NO3. The monoisotopic (exact) mass is 277 g/mol. The number of nitrogens with zero attached hydrogens (tertiary/aromatic N) is 1. The molecule has 0 saturated carbocycles. The predicted octanol–water partition coefficient (Wildman–Crippen LogP) is 2.64. The maximum atomic E-state index is 11.5. The Morgan fingerprint density at radius 3 is 2.60 bits per heavy atom. The molecule has 20 heavy (non-hydrogen) atoms. The molecule has 0 N–H and O–H groups in total. The highest BCUT2D eigenvalue weighted by atomic mass is 16.5. The Bertz CT molecular complexity index is 469. The fraction of sp³-hybridized carbons (Fsp3) is 0.438. The summed E-state index contributed by atoms with van der Waals surface area (Å²) in [5, 5.41) is 0. The first kappa shape index (κ1) is 16.2. The van der Waals surface area contributed by atoms with E-state index in [1.807, 2.05) is 44.3 Å². The van der Waals surface area contributed by atoms with Crippen molar-refractivity contribution in [3.63, 3.8) is 0 Å². The van der Waals surface area contributed by atoms with E-state index in [0.717, 1.165) is 17.9 Å². The van der Waals surface area contributed by atoms with Crippen molar-refractivity contribution in [3.8, 4) is 5.75 Å². The minimum absolute atomic E-state index is 0.252. The molecule has 0 saturated heterocycles. The van der Waals surface area contributed by atoms with Crippen molar-refractivity contribution in [1.82, 2.24) is 4.90 Å². The maximum absolute atomic E-state index is 11.5. The van der Waals surface area contributed by atoms with Crippen molar-refractivity contribution in [1.29, 1.82) is 0 Å². The Hall–Kier alpha value is -1.81. The number of esters is 1. The van der Waals surface area contributed by atoms with Crippen molar-refractivity contribution in [2.75, 3.05) is 27.8 Å². The van der Waals surface area contributed by atoms with Gasteiger partial charge in [-0.15, -0.1) is 0 Å². The van der Waals surface area contributed by atoms with Crippen LogP contribution in [0.2, 0.25) is 0 Å². The number of benzene rings is 1. The normalized spacial score (nSPS) is 11.6. The average Bonchev–Trinajstić information content (AvgIpc) is 2.48. The number of likely N-dealkylation sites (N-methyl/N-ethyl adjacent to an activating group) is 1. The quantitative estimate of drug-likeness (QED) is 0.567. The summed E-state index contributed by atoms with van der Waals surface area (Å²) in [6.07, 6.45) is 2.59. The summed E-state index contributed by atoms with van der Waals surface area (Å²) in [4.78, 5) is 13.6. The van der Waals surface area contributed by atoms with Gasteiger partial charge in [0.15, 0.2) is 0 Å². The largest absolute Gasteiger partial charge is 0.496 e. The molecule has 0 bridgehead atoms. The summed E-state index contributed by atoms with van der Waals surface area (Å²) < 4.78 is 10.1. The van der Waals surface area contributed by atoms with Crippen LogP contribution in [-0.2, 0) is 16.1 Å². The zero-order valence-corrected chi connectivity index (χ0v) is 12.7. The van der Waals surface area contributed by atoms with E-state index in [2.05, 4.69) is 4.90 Å². The van der Waals surface area contributed by atoms with Gasteiger partial charge < -0.3 is 9.47 Å². The molecule has 1 aromatic rings. The Labute approximate surface area is 121 Å². The second-order valence-electron chi connectivity index (χ2n) is 4.58. The van der Waals surface area contributed by atoms with Crippen LogP contribution in [0.15, 0.2) is 35.9 Å². The van der Waals surface area contributed by atoms with Gasteiger partial charge in [0.05, 0.1) is 14.2 Å². The summed E-state index contributed by atoms with van der Waals surface area (Å²) in [6.45, 7) is 3.40. The third-order valence-electron chi connectivity index (χ3n) is 3.11. The Morgan fingerprint density at radius 2 is 2.00 bits per heavy atom. The van der Waals surface area contributed by atoms with Crippen molar-refractivity contribution < 1.29 is 14.3 Å². The number of rotatable bonds is 7. The van der Waals surface area contributed by atoms with Crippen LogP contribution in [0.25, 0.3) is 0 Å². The molecule has 0 heterocycles. The van der Waals surface area contributed by atoms with Crippen molar-refractivity contribution >= 4 is 5.97 Å². The Balaban J connectivity index is 2.65. The van der Waals surface area contributed by atoms with E-state index < -0.39 is 0 Å². The number of carbonyl (C=O) groups is 1. The van der Waals surface area contributed by atoms with Crippen LogP contribution >= 0.6 is 0 Å². The second kappa shape index (κ2) is 8.38. The summed E-state index contributed by atoms with van der Waals surface area (Å²) in [5.41, 5.74) is 1.83. The second-order valence-corrected chi connectivity index (χ2v) is 4.58. The van der Waals surface area contributed by atoms with Gasteiger partial charge in [0.25, 0.3) is 0 Å². The SMILES string of the molecule is CCC(=CCN(C)Cc1ccccc1OC)C(=O)OC. The van der Waals surface area contributed by atoms with E-state index >= 15 is 0 Å². The van der Waals surface area contributed by atoms with Gasteiger partial charge in [-0.3, -0.25) is 4.90 Å². The molecule has 110 valence electrons. The Kier molecular flexibility index (Phi) is 6.81. The first-order valence-electron chi connectivity index (χ1n) is 6.70. The van der Waals surface area contributed by atoms with E-state index in [1.54, 1.807) is 7.11 Å². The van der Waals surface area contributed by atoms with Gasteiger partial charge in [-0.2, -0.15) is 0 Å². The molecule has 0 amide bonds. The van der Waals surface area contributed by atoms with E-state index in [1.165, 1.54) is 7.11 Å². The highest BCUT2D eigenvalue weighted by molar-refractivity contribution is 5.88. The van der Waals surface area contributed by atoms with Crippen molar-refractivity contribution in [3.05, 3.63) is 41.5 Å². The summed E-state index contributed by atoms with van der Waals surface area (Å²) in [7, 11) is 5.09. The Morgan fingerprint density at radius 1 is 1.30 bits per heavy atom. The lowest BCUT2D eigenvalue weighted by atomic mass is 10.1. The molecule has 0 spiro atoms. The fourth-order valence-corrected chi connectivity index (χ4v) is 1.96. The van der Waals surface area contributed by atoms with Crippen molar-refractivity contribution in [2.24, 2.45) is 0 Å². The number of carbonyl (C=O) groups excluding carboxylic acids is 1. The maximum Gasteiger partial charge on any atom is 0.333 e. The number of hydrogen-bond acceptors (Lipinski definition) is 4. The summed E-state index contributed by atoms with van der Waals surface area (Å²) in [6, 6.07) is 7.94. The molecule has 1 rings (SSSR count). The number of methoxy groups -OCH3 is 2. The lowest BCUT2D eigenvalue weighted by Crippen LogP contribution is -2.19. The number of para-hydroxylation sites is 1. The summed E-state index contributed by atoms with van der Waals surface area (Å²) in [5.74, 6) is 0.630. The lowest BCUT2D eigenvalue weighted by Gasteiger charge is -2.17. The lowest BCUT2D eigenvalue weighted by molar-refractivity contribution is -0.136. The van der Waals surface area contributed by atoms with Crippen LogP contribution < -0.4 is 4.74 Å². The summed E-state index contributed by atoms with van der Waals surface area (Å²) >= 11 is 0. The molecular weight excluding hydrogens is 254 g/mol. The van der Waals surface area contributed by atoms with Gasteiger partial charge >= 0.3 is 5.97 Å². The van der Waals surface area contributed by atoms with Crippen LogP contribution in [0.5, 0.6) is 5.75 Å². The van der Waals surface area contributed by atoms with Crippen LogP contribution in [-0.4, -0.2) is 38.7 Å². The van der Waals surface area contributed by atoms with Gasteiger partial charge in [0.1, 0.15) is 5.75 Å². The third-order valence-corrected chi connectivity index (χ3v) is 3.11. The number of hydrogen-bond donors (Lipinski definition) is 0. The molecule has 0 unspecified atom stereocenters. The minimum atomic E-state index is -0.252. The molecule has 0 fully saturated rings. The van der Waals surface area contributed by atoms with Crippen LogP contribution in [0.3, 0.4) is 0 Å². The topological polar surface area (TPSA) is 38.8 Å². The zero-order chi connectivity index (χ0) is 15.0. The van der Waals surface area contributed by atoms with Gasteiger partial charge in [-0.25, -0.2) is 4.79 Å². The highest BCUT2D eigenvalue weighted by Gasteiger charge is 2.08. The van der Waals surface area contributed by atoms with E-state index in [0.29, 0.717) is 18.5 Å². The third kappa shape index (κ3) is 4.70. The van der Waals surface area contributed by atoms with Gasteiger partial charge in [0, 0.05) is 24.2 Å². The molecule has 0 aliphatic heterocycles. The van der Waals surface area contributed by atoms with Crippen LogP contribution in [0.1, 0.15) is 18.9 Å². The van der Waals surface area contributed by atoms with Gasteiger partial charge in [-0.1, -0.05) is 31.2 Å². The fourth-order valence-electron chi connectivity index (χ4n) is 1.96. The standard InChI is InChI=1S/C16H23NO3/c1-5-13(16(18)20-4)10-11-17(2)12-14-8-6-7-9-15(14)19-3/h6-10H,5,11-12H2,1-4H3. The molecule has 1 aromatic carbocycles.